The molecule has 4 unspecified atom stereocenters. The van der Waals surface area contributed by atoms with Crippen molar-refractivity contribution in [3.63, 3.8) is 0 Å². The molecular formula is C33H40F2O2. The van der Waals surface area contributed by atoms with Crippen LogP contribution in [0, 0.1) is 29.4 Å². The first-order valence-electron chi connectivity index (χ1n) is 14.0. The zero-order valence-electron chi connectivity index (χ0n) is 22.2. The van der Waals surface area contributed by atoms with Gasteiger partial charge in [0.05, 0.1) is 5.56 Å². The van der Waals surface area contributed by atoms with Crippen LogP contribution >= 0.6 is 0 Å². The van der Waals surface area contributed by atoms with Crippen molar-refractivity contribution in [1.82, 2.24) is 0 Å². The second-order valence-electron chi connectivity index (χ2n) is 10.8. The molecular weight excluding hydrogens is 466 g/mol. The van der Waals surface area contributed by atoms with Crippen molar-refractivity contribution < 1.29 is 18.3 Å². The van der Waals surface area contributed by atoms with Crippen LogP contribution in [0.15, 0.2) is 60.7 Å². The lowest BCUT2D eigenvalue weighted by Crippen LogP contribution is -2.30. The van der Waals surface area contributed by atoms with Crippen LogP contribution in [-0.4, -0.2) is 5.97 Å². The summed E-state index contributed by atoms with van der Waals surface area (Å²) in [6.07, 6.45) is 19.4. The lowest BCUT2D eigenvalue weighted by molar-refractivity contribution is 0.0729. The Bertz CT molecular complexity index is 1120. The zero-order chi connectivity index (χ0) is 26.2. The number of hydrogen-bond acceptors (Lipinski definition) is 2. The predicted molar refractivity (Wildman–Crippen MR) is 146 cm³/mol. The lowest BCUT2D eigenvalue weighted by atomic mass is 9.63. The van der Waals surface area contributed by atoms with Gasteiger partial charge in [-0.15, -0.1) is 0 Å². The van der Waals surface area contributed by atoms with Gasteiger partial charge in [-0.2, -0.15) is 0 Å². The molecule has 0 N–H and O–H groups in total. The van der Waals surface area contributed by atoms with Crippen LogP contribution in [-0.2, 0) is 6.42 Å². The number of allylic oxidation sites excluding steroid dienone is 4. The van der Waals surface area contributed by atoms with Gasteiger partial charge in [0.25, 0.3) is 0 Å². The van der Waals surface area contributed by atoms with Gasteiger partial charge in [0.15, 0.2) is 0 Å². The molecule has 0 aliphatic heterocycles. The molecule has 0 heterocycles. The Morgan fingerprint density at radius 2 is 1.65 bits per heavy atom. The smallest absolute Gasteiger partial charge is 0.346 e. The van der Waals surface area contributed by atoms with E-state index < -0.39 is 17.6 Å². The summed E-state index contributed by atoms with van der Waals surface area (Å²) in [7, 11) is 0. The van der Waals surface area contributed by atoms with Crippen LogP contribution in [0.5, 0.6) is 5.75 Å². The number of hydrogen-bond donors (Lipinski definition) is 0. The lowest BCUT2D eigenvalue weighted by Gasteiger charge is -2.42. The fourth-order valence-corrected chi connectivity index (χ4v) is 6.36. The molecule has 0 spiro atoms. The first-order chi connectivity index (χ1) is 18.0. The van der Waals surface area contributed by atoms with Crippen LogP contribution in [0.1, 0.15) is 99.0 Å². The first kappa shape index (κ1) is 27.3. The summed E-state index contributed by atoms with van der Waals surface area (Å²) in [5, 5.41) is 0. The van der Waals surface area contributed by atoms with Crippen molar-refractivity contribution in [1.29, 1.82) is 0 Å². The number of ether oxygens (including phenoxy) is 1. The highest BCUT2D eigenvalue weighted by molar-refractivity contribution is 5.91. The van der Waals surface area contributed by atoms with E-state index in [1.54, 1.807) is 12.1 Å². The van der Waals surface area contributed by atoms with Crippen molar-refractivity contribution in [3.05, 3.63) is 89.0 Å². The third kappa shape index (κ3) is 7.18. The average Bonchev–Trinajstić information content (AvgIpc) is 2.89. The molecule has 0 radical (unpaired) electrons. The van der Waals surface area contributed by atoms with Gasteiger partial charge in [0.2, 0.25) is 0 Å². The summed E-state index contributed by atoms with van der Waals surface area (Å²) in [6, 6.07) is 9.29. The fraction of sp³-hybridized carbons (Fsp3) is 0.485. The summed E-state index contributed by atoms with van der Waals surface area (Å²) in [6.45, 7) is 4.01. The molecule has 2 aromatic carbocycles. The monoisotopic (exact) mass is 506 g/mol. The minimum absolute atomic E-state index is 0.0837. The summed E-state index contributed by atoms with van der Waals surface area (Å²) < 4.78 is 34.7. The van der Waals surface area contributed by atoms with Crippen LogP contribution in [0.25, 0.3) is 0 Å². The van der Waals surface area contributed by atoms with Gasteiger partial charge in [-0.3, -0.25) is 0 Å². The van der Waals surface area contributed by atoms with E-state index in [2.05, 4.69) is 19.1 Å². The molecule has 0 saturated heterocycles. The second-order valence-corrected chi connectivity index (χ2v) is 10.8. The van der Waals surface area contributed by atoms with E-state index in [1.165, 1.54) is 56.7 Å². The van der Waals surface area contributed by atoms with Crippen molar-refractivity contribution >= 4 is 5.97 Å². The molecule has 0 bridgehead atoms. The highest BCUT2D eigenvalue weighted by atomic mass is 19.1. The Morgan fingerprint density at radius 3 is 2.41 bits per heavy atom. The quantitative estimate of drug-likeness (QED) is 0.192. The fourth-order valence-electron chi connectivity index (χ4n) is 6.36. The highest BCUT2D eigenvalue weighted by Crippen LogP contribution is 2.48. The van der Waals surface area contributed by atoms with Crippen LogP contribution < -0.4 is 4.74 Å². The minimum atomic E-state index is -0.801. The maximum Gasteiger partial charge on any atom is 0.346 e. The van der Waals surface area contributed by atoms with Crippen molar-refractivity contribution in [2.24, 2.45) is 17.8 Å². The predicted octanol–water partition coefficient (Wildman–Crippen LogP) is 9.35. The number of aryl methyl sites for hydroxylation is 1. The molecule has 37 heavy (non-hydrogen) atoms. The van der Waals surface area contributed by atoms with E-state index in [9.17, 15) is 9.18 Å². The van der Waals surface area contributed by atoms with E-state index in [4.69, 9.17) is 4.74 Å². The van der Waals surface area contributed by atoms with Gasteiger partial charge < -0.3 is 4.74 Å². The summed E-state index contributed by atoms with van der Waals surface area (Å²) in [5.74, 6) is 0.998. The number of benzene rings is 2. The molecule has 2 saturated carbocycles. The number of esters is 1. The number of carbonyl (C=O) groups is 1. The van der Waals surface area contributed by atoms with Crippen LogP contribution in [0.4, 0.5) is 8.78 Å². The largest absolute Gasteiger partial charge is 0.423 e. The first-order valence-corrected chi connectivity index (χ1v) is 14.0. The Labute approximate surface area is 220 Å². The molecule has 2 nitrogen and oxygen atoms in total. The topological polar surface area (TPSA) is 26.3 Å². The van der Waals surface area contributed by atoms with Crippen molar-refractivity contribution in [2.75, 3.05) is 0 Å². The van der Waals surface area contributed by atoms with Gasteiger partial charge in [-0.25, -0.2) is 13.6 Å². The van der Waals surface area contributed by atoms with E-state index in [1.807, 2.05) is 25.1 Å². The van der Waals surface area contributed by atoms with Gasteiger partial charge in [-0.1, -0.05) is 42.9 Å². The number of carbonyl (C=O) groups excluding carboxylic acids is 1. The standard InChI is InChI=1S/C33H40F2O2/c1-3-5-7-9-23-11-12-26-20-27(14-13-25(26)19-23)28-16-18-30(32(35)21-28)33(36)37-29-17-15-24(31(34)22-29)10-8-6-4-2/h3-6,15-18,21-23,25-27H,7-14,19-20H2,1-2H3/b5-3+,6-4+. The molecule has 2 aliphatic carbocycles. The molecule has 0 amide bonds. The van der Waals surface area contributed by atoms with Crippen LogP contribution in [0.2, 0.25) is 0 Å². The second kappa shape index (κ2) is 13.2. The molecule has 0 aromatic heterocycles. The molecule has 2 aromatic rings. The minimum Gasteiger partial charge on any atom is -0.423 e. The Kier molecular flexibility index (Phi) is 9.71. The summed E-state index contributed by atoms with van der Waals surface area (Å²) in [5.41, 5.74) is 1.42. The summed E-state index contributed by atoms with van der Waals surface area (Å²) >= 11 is 0. The van der Waals surface area contributed by atoms with Gasteiger partial charge in [0.1, 0.15) is 17.4 Å². The van der Waals surface area contributed by atoms with E-state index in [0.29, 0.717) is 17.9 Å². The van der Waals surface area contributed by atoms with Gasteiger partial charge in [0, 0.05) is 6.07 Å². The number of fused-ring (bicyclic) bond motifs is 1. The van der Waals surface area contributed by atoms with E-state index in [-0.39, 0.29) is 11.3 Å². The summed E-state index contributed by atoms with van der Waals surface area (Å²) in [4.78, 5) is 12.6. The maximum atomic E-state index is 15.0. The average molecular weight is 507 g/mol. The van der Waals surface area contributed by atoms with Gasteiger partial charge in [-0.05, 0) is 125 Å². The maximum absolute atomic E-state index is 15.0. The van der Waals surface area contributed by atoms with E-state index >= 15 is 4.39 Å². The molecule has 4 rings (SSSR count). The van der Waals surface area contributed by atoms with Crippen molar-refractivity contribution in [3.8, 4) is 5.75 Å². The zero-order valence-corrected chi connectivity index (χ0v) is 22.2. The molecule has 4 atom stereocenters. The molecule has 198 valence electrons. The van der Waals surface area contributed by atoms with E-state index in [0.717, 1.165) is 42.6 Å². The SMILES string of the molecule is C/C=C/CCc1ccc(OC(=O)c2ccc(C3CCC4CC(CC/C=C/C)CCC4C3)cc2F)cc1F. The number of halogens is 2. The normalized spacial score (nSPS) is 23.9. The molecule has 4 heteroatoms. The van der Waals surface area contributed by atoms with Gasteiger partial charge >= 0.3 is 5.97 Å². The highest BCUT2D eigenvalue weighted by Gasteiger charge is 2.36. The number of rotatable bonds is 9. The Morgan fingerprint density at radius 1 is 0.892 bits per heavy atom. The van der Waals surface area contributed by atoms with Crippen LogP contribution in [0.3, 0.4) is 0 Å². The Hall–Kier alpha value is -2.75. The Balaban J connectivity index is 1.34. The third-order valence-electron chi connectivity index (χ3n) is 8.43. The third-order valence-corrected chi connectivity index (χ3v) is 8.43. The molecule has 2 aliphatic rings. The van der Waals surface area contributed by atoms with Crippen molar-refractivity contribution in [2.45, 2.75) is 84.0 Å². The molecule has 2 fully saturated rings.